The van der Waals surface area contributed by atoms with Gasteiger partial charge in [0.2, 0.25) is 5.91 Å². The van der Waals surface area contributed by atoms with Crippen LogP contribution in [0, 0.1) is 0 Å². The van der Waals surface area contributed by atoms with Crippen molar-refractivity contribution in [2.75, 3.05) is 25.5 Å². The summed E-state index contributed by atoms with van der Waals surface area (Å²) in [5, 5.41) is 0. The first kappa shape index (κ1) is 19.7. The van der Waals surface area contributed by atoms with Crippen molar-refractivity contribution in [1.82, 2.24) is 4.90 Å². The van der Waals surface area contributed by atoms with Crippen molar-refractivity contribution in [3.05, 3.63) is 59.7 Å². The first-order valence-corrected chi connectivity index (χ1v) is 8.46. The van der Waals surface area contributed by atoms with Crippen LogP contribution in [0.1, 0.15) is 18.1 Å². The highest BCUT2D eigenvalue weighted by atomic mass is 19.3. The summed E-state index contributed by atoms with van der Waals surface area (Å²) < 4.78 is 28.7. The van der Waals surface area contributed by atoms with E-state index in [1.54, 1.807) is 17.0 Å². The molecule has 0 saturated carbocycles. The van der Waals surface area contributed by atoms with Gasteiger partial charge in [-0.15, -0.1) is 0 Å². The molecule has 0 heterocycles. The molecule has 0 bridgehead atoms. The Balaban J connectivity index is 1.97. The summed E-state index contributed by atoms with van der Waals surface area (Å²) in [6.45, 7) is 0.222. The van der Waals surface area contributed by atoms with Crippen LogP contribution in [0.25, 0.3) is 0 Å². The predicted octanol–water partition coefficient (Wildman–Crippen LogP) is 3.95. The van der Waals surface area contributed by atoms with E-state index in [4.69, 9.17) is 0 Å². The average molecular weight is 362 g/mol. The Morgan fingerprint density at radius 1 is 1.00 bits per heavy atom. The fourth-order valence-electron chi connectivity index (χ4n) is 2.57. The van der Waals surface area contributed by atoms with Crippen LogP contribution in [0.4, 0.5) is 14.5 Å². The zero-order valence-corrected chi connectivity index (χ0v) is 15.3. The highest BCUT2D eigenvalue weighted by Crippen LogP contribution is 2.17. The first-order valence-electron chi connectivity index (χ1n) is 8.46. The van der Waals surface area contributed by atoms with Gasteiger partial charge in [0.1, 0.15) is 5.75 Å². The average Bonchev–Trinajstić information content (AvgIpc) is 2.61. The number of ether oxygens (including phenoxy) is 1. The minimum absolute atomic E-state index is 0.00767. The Morgan fingerprint density at radius 3 is 2.08 bits per heavy atom. The number of benzene rings is 2. The van der Waals surface area contributed by atoms with Crippen LogP contribution < -0.4 is 9.64 Å². The fourth-order valence-corrected chi connectivity index (χ4v) is 2.57. The number of rotatable bonds is 8. The van der Waals surface area contributed by atoms with E-state index in [2.05, 4.69) is 4.74 Å². The molecule has 0 atom stereocenters. The van der Waals surface area contributed by atoms with Gasteiger partial charge in [0.05, 0.1) is 6.42 Å². The zero-order chi connectivity index (χ0) is 19.1. The Morgan fingerprint density at radius 2 is 1.58 bits per heavy atom. The summed E-state index contributed by atoms with van der Waals surface area (Å²) >= 11 is 0. The van der Waals surface area contributed by atoms with Gasteiger partial charge in [0, 0.05) is 32.9 Å². The SMILES string of the molecule is CCN(Cc1ccc(N(C)C)cc1)C(=O)Cc1ccc(OC(F)F)cc1. The molecule has 0 aliphatic rings. The summed E-state index contributed by atoms with van der Waals surface area (Å²) in [6, 6.07) is 14.2. The van der Waals surface area contributed by atoms with Crippen LogP contribution in [0.2, 0.25) is 0 Å². The maximum absolute atomic E-state index is 12.6. The maximum Gasteiger partial charge on any atom is 0.387 e. The lowest BCUT2D eigenvalue weighted by Crippen LogP contribution is -2.31. The second-order valence-corrected chi connectivity index (χ2v) is 6.17. The van der Waals surface area contributed by atoms with Crippen LogP contribution in [0.15, 0.2) is 48.5 Å². The Labute approximate surface area is 153 Å². The van der Waals surface area contributed by atoms with Gasteiger partial charge in [-0.3, -0.25) is 4.79 Å². The van der Waals surface area contributed by atoms with E-state index in [9.17, 15) is 13.6 Å². The number of hydrogen-bond acceptors (Lipinski definition) is 3. The molecule has 2 aromatic rings. The van der Waals surface area contributed by atoms with Gasteiger partial charge in [0.25, 0.3) is 0 Å². The smallest absolute Gasteiger partial charge is 0.387 e. The molecule has 0 saturated heterocycles. The number of carbonyl (C=O) groups is 1. The lowest BCUT2D eigenvalue weighted by molar-refractivity contribution is -0.130. The summed E-state index contributed by atoms with van der Waals surface area (Å²) in [5.41, 5.74) is 2.93. The monoisotopic (exact) mass is 362 g/mol. The lowest BCUT2D eigenvalue weighted by atomic mass is 10.1. The molecule has 2 rings (SSSR count). The molecule has 2 aromatic carbocycles. The molecular weight excluding hydrogens is 338 g/mol. The molecule has 0 spiro atoms. The van der Waals surface area contributed by atoms with E-state index >= 15 is 0 Å². The first-order chi connectivity index (χ1) is 12.4. The van der Waals surface area contributed by atoms with Crippen LogP contribution in [-0.4, -0.2) is 38.1 Å². The second-order valence-electron chi connectivity index (χ2n) is 6.17. The second kappa shape index (κ2) is 9.17. The normalized spacial score (nSPS) is 10.7. The third-order valence-electron chi connectivity index (χ3n) is 4.06. The molecule has 0 aromatic heterocycles. The minimum Gasteiger partial charge on any atom is -0.435 e. The molecule has 0 unspecified atom stereocenters. The third-order valence-corrected chi connectivity index (χ3v) is 4.06. The largest absolute Gasteiger partial charge is 0.435 e. The van der Waals surface area contributed by atoms with Crippen molar-refractivity contribution in [2.24, 2.45) is 0 Å². The van der Waals surface area contributed by atoms with Crippen molar-refractivity contribution >= 4 is 11.6 Å². The van der Waals surface area contributed by atoms with Crippen LogP contribution in [-0.2, 0) is 17.8 Å². The van der Waals surface area contributed by atoms with Crippen molar-refractivity contribution < 1.29 is 18.3 Å². The van der Waals surface area contributed by atoms with Crippen LogP contribution in [0.5, 0.6) is 5.75 Å². The molecule has 0 aliphatic heterocycles. The van der Waals surface area contributed by atoms with E-state index in [1.165, 1.54) is 12.1 Å². The van der Waals surface area contributed by atoms with Gasteiger partial charge in [-0.1, -0.05) is 24.3 Å². The quantitative estimate of drug-likeness (QED) is 0.713. The number of carbonyl (C=O) groups excluding carboxylic acids is 1. The number of alkyl halides is 2. The summed E-state index contributed by atoms with van der Waals surface area (Å²) in [7, 11) is 3.96. The van der Waals surface area contributed by atoms with E-state index in [0.717, 1.165) is 16.8 Å². The summed E-state index contributed by atoms with van der Waals surface area (Å²) in [4.78, 5) is 16.3. The van der Waals surface area contributed by atoms with E-state index in [1.807, 2.05) is 50.2 Å². The van der Waals surface area contributed by atoms with Gasteiger partial charge < -0.3 is 14.5 Å². The summed E-state index contributed by atoms with van der Waals surface area (Å²) in [5.74, 6) is 0.0799. The number of nitrogens with zero attached hydrogens (tertiary/aromatic N) is 2. The Kier molecular flexibility index (Phi) is 6.95. The molecule has 6 heteroatoms. The Hall–Kier alpha value is -2.63. The highest BCUT2D eigenvalue weighted by molar-refractivity contribution is 5.78. The molecule has 0 radical (unpaired) electrons. The van der Waals surface area contributed by atoms with Gasteiger partial charge in [0.15, 0.2) is 0 Å². The van der Waals surface area contributed by atoms with Crippen LogP contribution in [0.3, 0.4) is 0 Å². The molecule has 0 fully saturated rings. The Bertz CT molecular complexity index is 701. The molecule has 140 valence electrons. The molecule has 0 aliphatic carbocycles. The standard InChI is InChI=1S/C20H24F2N2O2/c1-4-24(14-16-5-9-17(10-6-16)23(2)3)19(25)13-15-7-11-18(12-8-15)26-20(21)22/h5-12,20H,4,13-14H2,1-3H3. The van der Waals surface area contributed by atoms with E-state index in [0.29, 0.717) is 13.1 Å². The number of amides is 1. The van der Waals surface area contributed by atoms with Crippen molar-refractivity contribution in [3.63, 3.8) is 0 Å². The van der Waals surface area contributed by atoms with Gasteiger partial charge >= 0.3 is 6.61 Å². The highest BCUT2D eigenvalue weighted by Gasteiger charge is 2.13. The molecule has 1 amide bonds. The van der Waals surface area contributed by atoms with Gasteiger partial charge in [-0.25, -0.2) is 0 Å². The van der Waals surface area contributed by atoms with Crippen molar-refractivity contribution in [2.45, 2.75) is 26.5 Å². The fraction of sp³-hybridized carbons (Fsp3) is 0.350. The van der Waals surface area contributed by atoms with E-state index in [-0.39, 0.29) is 18.1 Å². The predicted molar refractivity (Wildman–Crippen MR) is 98.6 cm³/mol. The molecule has 26 heavy (non-hydrogen) atoms. The molecular formula is C20H24F2N2O2. The van der Waals surface area contributed by atoms with Gasteiger partial charge in [-0.05, 0) is 42.3 Å². The summed E-state index contributed by atoms with van der Waals surface area (Å²) in [6.07, 6.45) is 0.221. The topological polar surface area (TPSA) is 32.8 Å². The van der Waals surface area contributed by atoms with Gasteiger partial charge in [-0.2, -0.15) is 8.78 Å². The zero-order valence-electron chi connectivity index (χ0n) is 15.3. The number of hydrogen-bond donors (Lipinski definition) is 0. The number of likely N-dealkylation sites (N-methyl/N-ethyl adjacent to an activating group) is 1. The molecule has 0 N–H and O–H groups in total. The van der Waals surface area contributed by atoms with Crippen molar-refractivity contribution in [1.29, 1.82) is 0 Å². The maximum atomic E-state index is 12.6. The van der Waals surface area contributed by atoms with Crippen LogP contribution >= 0.6 is 0 Å². The lowest BCUT2D eigenvalue weighted by Gasteiger charge is -2.22. The minimum atomic E-state index is -2.85. The molecule has 4 nitrogen and oxygen atoms in total. The van der Waals surface area contributed by atoms with E-state index < -0.39 is 6.61 Å². The number of halogens is 2. The number of anilines is 1. The van der Waals surface area contributed by atoms with Crippen molar-refractivity contribution in [3.8, 4) is 5.75 Å². The third kappa shape index (κ3) is 5.72.